The van der Waals surface area contributed by atoms with Crippen LogP contribution in [0.4, 0.5) is 5.88 Å². The van der Waals surface area contributed by atoms with Gasteiger partial charge in [0, 0.05) is 12.4 Å². The van der Waals surface area contributed by atoms with Gasteiger partial charge in [0.25, 0.3) is 17.0 Å². The molecule has 0 fully saturated rings. The van der Waals surface area contributed by atoms with Gasteiger partial charge >= 0.3 is 5.88 Å². The van der Waals surface area contributed by atoms with Crippen LogP contribution in [0.25, 0.3) is 11.7 Å². The van der Waals surface area contributed by atoms with Gasteiger partial charge in [-0.25, -0.2) is 5.43 Å². The fourth-order valence-electron chi connectivity index (χ4n) is 1.70. The predicted octanol–water partition coefficient (Wildman–Crippen LogP) is 1.88. The zero-order chi connectivity index (χ0) is 18.4. The van der Waals surface area contributed by atoms with Crippen LogP contribution < -0.4 is 5.43 Å². The summed E-state index contributed by atoms with van der Waals surface area (Å²) in [6.07, 6.45) is 4.71. The van der Waals surface area contributed by atoms with E-state index in [9.17, 15) is 14.9 Å². The molecule has 0 atom stereocenters. The summed E-state index contributed by atoms with van der Waals surface area (Å²) in [5, 5.41) is 22.0. The molecule has 0 aliphatic rings. The largest absolute Gasteiger partial charge is 0.433 e. The first-order valence-corrected chi connectivity index (χ1v) is 8.03. The van der Waals surface area contributed by atoms with Crippen molar-refractivity contribution in [1.82, 2.24) is 20.6 Å². The van der Waals surface area contributed by atoms with E-state index in [2.05, 4.69) is 25.7 Å². The molecule has 132 valence electrons. The molecule has 0 aliphatic heterocycles. The van der Waals surface area contributed by atoms with Crippen LogP contribution in [-0.4, -0.2) is 38.0 Å². The third kappa shape index (κ3) is 4.51. The Morgan fingerprint density at radius 3 is 2.81 bits per heavy atom. The van der Waals surface area contributed by atoms with E-state index in [1.807, 2.05) is 0 Å². The van der Waals surface area contributed by atoms with Gasteiger partial charge < -0.3 is 8.83 Å². The lowest BCUT2D eigenvalue weighted by molar-refractivity contribution is -0.401. The highest BCUT2D eigenvalue weighted by atomic mass is 32.2. The second-order valence-corrected chi connectivity index (χ2v) is 5.56. The van der Waals surface area contributed by atoms with Gasteiger partial charge in [-0.15, -0.1) is 10.2 Å². The fourth-order valence-corrected chi connectivity index (χ4v) is 2.25. The maximum Gasteiger partial charge on any atom is 0.433 e. The second kappa shape index (κ2) is 8.02. The first-order valence-electron chi connectivity index (χ1n) is 7.04. The smallest absolute Gasteiger partial charge is 0.408 e. The van der Waals surface area contributed by atoms with Gasteiger partial charge in [0.2, 0.25) is 0 Å². The van der Waals surface area contributed by atoms with Crippen molar-refractivity contribution >= 4 is 29.8 Å². The molecule has 0 aliphatic carbocycles. The van der Waals surface area contributed by atoms with Gasteiger partial charge in [-0.1, -0.05) is 11.8 Å². The molecule has 12 heteroatoms. The highest BCUT2D eigenvalue weighted by Gasteiger charge is 2.18. The van der Waals surface area contributed by atoms with Crippen molar-refractivity contribution in [3.8, 4) is 11.7 Å². The third-order valence-electron chi connectivity index (χ3n) is 2.82. The number of nitrogens with zero attached hydrogens (tertiary/aromatic N) is 5. The molecule has 0 aromatic carbocycles. The van der Waals surface area contributed by atoms with Gasteiger partial charge in [-0.2, -0.15) is 5.10 Å². The number of hydrogen-bond donors (Lipinski definition) is 1. The minimum atomic E-state index is -0.674. The summed E-state index contributed by atoms with van der Waals surface area (Å²) < 4.78 is 10.2. The molecular weight excluding hydrogens is 364 g/mol. The Balaban J connectivity index is 1.50. The summed E-state index contributed by atoms with van der Waals surface area (Å²) in [7, 11) is 0. The van der Waals surface area contributed by atoms with Crippen LogP contribution in [0.2, 0.25) is 0 Å². The van der Waals surface area contributed by atoms with Crippen LogP contribution in [0.3, 0.4) is 0 Å². The predicted molar refractivity (Wildman–Crippen MR) is 89.4 cm³/mol. The van der Waals surface area contributed by atoms with Gasteiger partial charge in [-0.3, -0.25) is 19.9 Å². The molecule has 0 unspecified atom stereocenters. The molecule has 3 rings (SSSR count). The van der Waals surface area contributed by atoms with Crippen LogP contribution in [0.5, 0.6) is 0 Å². The highest BCUT2D eigenvalue weighted by molar-refractivity contribution is 7.99. The number of pyridine rings is 1. The zero-order valence-electron chi connectivity index (χ0n) is 12.9. The number of hydrogen-bond acceptors (Lipinski definition) is 10. The van der Waals surface area contributed by atoms with Crippen LogP contribution in [0.1, 0.15) is 5.56 Å². The normalized spacial score (nSPS) is 10.9. The topological polar surface area (TPSA) is 150 Å². The van der Waals surface area contributed by atoms with Gasteiger partial charge in [-0.05, 0) is 23.8 Å². The van der Waals surface area contributed by atoms with Crippen molar-refractivity contribution in [2.24, 2.45) is 5.10 Å². The second-order valence-electron chi connectivity index (χ2n) is 4.63. The fraction of sp³-hybridized carbons (Fsp3) is 0.0714. The Morgan fingerprint density at radius 1 is 1.27 bits per heavy atom. The summed E-state index contributed by atoms with van der Waals surface area (Å²) >= 11 is 0.992. The molecule has 0 saturated heterocycles. The molecule has 3 aromatic rings. The number of carbonyl (C=O) groups excluding carboxylic acids is 1. The standard InChI is InChI=1S/C14H10N6O5S/c21-11(17-16-7-9-3-5-15-6-4-9)8-26-14-19-18-13(25-14)10-1-2-12(24-10)20(22)23/h1-7H,8H2,(H,17,21)/b16-7+. The SMILES string of the molecule is O=C(CSc1nnc(-c2ccc([N+](=O)[O-])o2)o1)N/N=C/c1ccncc1. The molecule has 26 heavy (non-hydrogen) atoms. The number of nitrogens with one attached hydrogen (secondary N) is 1. The molecule has 0 radical (unpaired) electrons. The number of furan rings is 1. The van der Waals surface area contributed by atoms with Crippen molar-refractivity contribution in [2.45, 2.75) is 5.22 Å². The van der Waals surface area contributed by atoms with E-state index in [0.29, 0.717) is 0 Å². The maximum absolute atomic E-state index is 11.7. The average Bonchev–Trinajstić information content (AvgIpc) is 3.30. The van der Waals surface area contributed by atoms with Gasteiger partial charge in [0.1, 0.15) is 4.92 Å². The third-order valence-corrected chi connectivity index (χ3v) is 3.64. The summed E-state index contributed by atoms with van der Waals surface area (Å²) in [5.74, 6) is -0.750. The molecule has 3 aromatic heterocycles. The molecule has 11 nitrogen and oxygen atoms in total. The average molecular weight is 374 g/mol. The Labute approximate surface area is 149 Å². The lowest BCUT2D eigenvalue weighted by Gasteiger charge is -1.96. The summed E-state index contributed by atoms with van der Waals surface area (Å²) in [6.45, 7) is 0. The monoisotopic (exact) mass is 374 g/mol. The van der Waals surface area contributed by atoms with Crippen molar-refractivity contribution in [3.63, 3.8) is 0 Å². The number of hydrazone groups is 1. The van der Waals surface area contributed by atoms with Crippen LogP contribution in [-0.2, 0) is 4.79 Å². The summed E-state index contributed by atoms with van der Waals surface area (Å²) in [6, 6.07) is 6.01. The molecular formula is C14H10N6O5S. The van der Waals surface area contributed by atoms with E-state index in [-0.39, 0.29) is 28.5 Å². The molecule has 0 bridgehead atoms. The molecule has 0 saturated carbocycles. The van der Waals surface area contributed by atoms with E-state index in [4.69, 9.17) is 8.83 Å². The minimum absolute atomic E-state index is 0.00633. The minimum Gasteiger partial charge on any atom is -0.408 e. The van der Waals surface area contributed by atoms with Crippen molar-refractivity contribution in [2.75, 3.05) is 5.75 Å². The zero-order valence-corrected chi connectivity index (χ0v) is 13.8. The number of nitro groups is 1. The van der Waals surface area contributed by atoms with Crippen molar-refractivity contribution < 1.29 is 18.6 Å². The highest BCUT2D eigenvalue weighted by Crippen LogP contribution is 2.27. The van der Waals surface area contributed by atoms with Gasteiger partial charge in [0.05, 0.1) is 18.0 Å². The van der Waals surface area contributed by atoms with Crippen LogP contribution in [0, 0.1) is 10.1 Å². The van der Waals surface area contributed by atoms with E-state index < -0.39 is 10.8 Å². The van der Waals surface area contributed by atoms with Gasteiger partial charge in [0.15, 0.2) is 5.76 Å². The molecule has 1 amide bonds. The van der Waals surface area contributed by atoms with Crippen LogP contribution >= 0.6 is 11.8 Å². The Hall–Kier alpha value is -3.54. The first kappa shape index (κ1) is 17.3. The summed E-state index contributed by atoms with van der Waals surface area (Å²) in [5.41, 5.74) is 3.16. The quantitative estimate of drug-likeness (QED) is 0.283. The number of amides is 1. The Kier molecular flexibility index (Phi) is 5.34. The van der Waals surface area contributed by atoms with E-state index in [0.717, 1.165) is 17.3 Å². The number of aromatic nitrogens is 3. The molecule has 1 N–H and O–H groups in total. The van der Waals surface area contributed by atoms with E-state index in [1.165, 1.54) is 18.3 Å². The first-order chi connectivity index (χ1) is 12.6. The van der Waals surface area contributed by atoms with Crippen molar-refractivity contribution in [1.29, 1.82) is 0 Å². The number of rotatable bonds is 7. The Morgan fingerprint density at radius 2 is 2.08 bits per heavy atom. The van der Waals surface area contributed by atoms with Crippen molar-refractivity contribution in [3.05, 3.63) is 52.3 Å². The van der Waals surface area contributed by atoms with E-state index in [1.54, 1.807) is 24.5 Å². The molecule has 3 heterocycles. The number of carbonyl (C=O) groups is 1. The summed E-state index contributed by atoms with van der Waals surface area (Å²) in [4.78, 5) is 25.5. The lowest BCUT2D eigenvalue weighted by Crippen LogP contribution is -2.19. The number of thioether (sulfide) groups is 1. The van der Waals surface area contributed by atoms with Crippen LogP contribution in [0.15, 0.2) is 55.8 Å². The van der Waals surface area contributed by atoms with E-state index >= 15 is 0 Å². The Bertz CT molecular complexity index is 938. The molecule has 0 spiro atoms. The lowest BCUT2D eigenvalue weighted by atomic mass is 10.3. The maximum atomic E-state index is 11.7.